The second kappa shape index (κ2) is 17.8. The van der Waals surface area contributed by atoms with E-state index in [1.807, 2.05) is 66.7 Å². The predicted molar refractivity (Wildman–Crippen MR) is 176 cm³/mol. The molecule has 4 aromatic rings. The van der Waals surface area contributed by atoms with Crippen molar-refractivity contribution in [1.82, 2.24) is 26.3 Å². The fourth-order valence-electron chi connectivity index (χ4n) is 4.73. The standard InChI is InChI=1S/C36H39N5O6/c42-32(19-21-38-35(45)47-25-29-16-8-3-9-17-29)39-24-30(31-18-10-11-20-37-31)33(43)41-26-36(46,22-27-12-4-1-5-13-27)34(44)40-23-28-14-6-2-7-15-28/h1-18,20,30,46H,19,21-26H2,(H,38,45)(H,39,42)(H,40,44)(H,41,43)/t30-,36+/m0/s1. The molecule has 0 aliphatic carbocycles. The molecule has 4 rings (SSSR count). The summed E-state index contributed by atoms with van der Waals surface area (Å²) in [6.07, 6.45) is 0.796. The van der Waals surface area contributed by atoms with Gasteiger partial charge in [0.1, 0.15) is 6.61 Å². The Morgan fingerprint density at radius 1 is 0.723 bits per heavy atom. The van der Waals surface area contributed by atoms with E-state index in [0.29, 0.717) is 11.3 Å². The van der Waals surface area contributed by atoms with Gasteiger partial charge in [-0.1, -0.05) is 97.1 Å². The smallest absolute Gasteiger partial charge is 0.407 e. The third-order valence-corrected chi connectivity index (χ3v) is 7.31. The van der Waals surface area contributed by atoms with Crippen molar-refractivity contribution in [2.24, 2.45) is 0 Å². The van der Waals surface area contributed by atoms with Crippen molar-refractivity contribution in [2.45, 2.75) is 37.5 Å². The number of hydrogen-bond acceptors (Lipinski definition) is 7. The summed E-state index contributed by atoms with van der Waals surface area (Å²) >= 11 is 0. The molecular formula is C36H39N5O6. The number of nitrogens with one attached hydrogen (secondary N) is 4. The molecule has 0 unspecified atom stereocenters. The van der Waals surface area contributed by atoms with E-state index in [0.717, 1.165) is 11.1 Å². The van der Waals surface area contributed by atoms with Crippen LogP contribution in [0.4, 0.5) is 4.79 Å². The lowest BCUT2D eigenvalue weighted by Gasteiger charge is -2.28. The average molecular weight is 638 g/mol. The van der Waals surface area contributed by atoms with E-state index in [4.69, 9.17) is 4.74 Å². The van der Waals surface area contributed by atoms with Crippen LogP contribution < -0.4 is 21.3 Å². The van der Waals surface area contributed by atoms with Gasteiger partial charge in [0, 0.05) is 38.7 Å². The number of nitrogens with zero attached hydrogens (tertiary/aromatic N) is 1. The van der Waals surface area contributed by atoms with Crippen molar-refractivity contribution in [3.8, 4) is 0 Å². The van der Waals surface area contributed by atoms with E-state index in [1.54, 1.807) is 42.5 Å². The first-order chi connectivity index (χ1) is 22.8. The molecule has 0 aliphatic rings. The van der Waals surface area contributed by atoms with Crippen LogP contribution in [-0.2, 0) is 38.7 Å². The number of amides is 4. The second-order valence-electron chi connectivity index (χ2n) is 10.9. The van der Waals surface area contributed by atoms with Gasteiger partial charge in [-0.2, -0.15) is 0 Å². The van der Waals surface area contributed by atoms with Crippen molar-refractivity contribution in [2.75, 3.05) is 19.6 Å². The lowest BCUT2D eigenvalue weighted by molar-refractivity contribution is -0.140. The zero-order chi connectivity index (χ0) is 33.3. The largest absolute Gasteiger partial charge is 0.445 e. The summed E-state index contributed by atoms with van der Waals surface area (Å²) in [4.78, 5) is 55.8. The molecule has 11 heteroatoms. The van der Waals surface area contributed by atoms with Crippen LogP contribution in [0, 0.1) is 0 Å². The normalized spacial score (nSPS) is 12.5. The zero-order valence-corrected chi connectivity index (χ0v) is 25.9. The minimum atomic E-state index is -1.97. The van der Waals surface area contributed by atoms with Gasteiger partial charge >= 0.3 is 6.09 Å². The highest BCUT2D eigenvalue weighted by atomic mass is 16.5. The molecule has 0 aliphatic heterocycles. The van der Waals surface area contributed by atoms with Gasteiger partial charge in [0.2, 0.25) is 11.8 Å². The van der Waals surface area contributed by atoms with E-state index < -0.39 is 35.3 Å². The van der Waals surface area contributed by atoms with Gasteiger partial charge in [0.15, 0.2) is 5.60 Å². The molecule has 4 amide bonds. The van der Waals surface area contributed by atoms with Crippen molar-refractivity contribution < 1.29 is 29.0 Å². The Labute approximate surface area is 273 Å². The molecule has 1 heterocycles. The highest BCUT2D eigenvalue weighted by Gasteiger charge is 2.37. The van der Waals surface area contributed by atoms with E-state index in [9.17, 15) is 24.3 Å². The highest BCUT2D eigenvalue weighted by molar-refractivity contribution is 5.88. The molecular weight excluding hydrogens is 598 g/mol. The number of aromatic nitrogens is 1. The summed E-state index contributed by atoms with van der Waals surface area (Å²) < 4.78 is 5.15. The van der Waals surface area contributed by atoms with E-state index >= 15 is 0 Å². The number of pyridine rings is 1. The SMILES string of the molecule is O=C(CCNC(=O)OCc1ccccc1)NC[C@H](C(=O)NC[C@](O)(Cc1ccccc1)C(=O)NCc1ccccc1)c1ccccn1. The third kappa shape index (κ3) is 11.4. The minimum absolute atomic E-state index is 0.0323. The molecule has 0 radical (unpaired) electrons. The summed E-state index contributed by atoms with van der Waals surface area (Å²) in [6.45, 7) is -0.141. The molecule has 2 atom stereocenters. The van der Waals surface area contributed by atoms with E-state index in [-0.39, 0.29) is 45.6 Å². The second-order valence-corrected chi connectivity index (χ2v) is 10.9. The van der Waals surface area contributed by atoms with Gasteiger partial charge in [-0.05, 0) is 28.8 Å². The maximum Gasteiger partial charge on any atom is 0.407 e. The quantitative estimate of drug-likeness (QED) is 0.126. The molecule has 244 valence electrons. The van der Waals surface area contributed by atoms with E-state index in [2.05, 4.69) is 26.3 Å². The van der Waals surface area contributed by atoms with Crippen LogP contribution in [0.3, 0.4) is 0 Å². The Morgan fingerprint density at radius 2 is 1.34 bits per heavy atom. The maximum atomic E-state index is 13.5. The van der Waals surface area contributed by atoms with Crippen LogP contribution in [0.15, 0.2) is 115 Å². The molecule has 5 N–H and O–H groups in total. The Kier molecular flexibility index (Phi) is 13.0. The third-order valence-electron chi connectivity index (χ3n) is 7.31. The maximum absolute atomic E-state index is 13.5. The first kappa shape index (κ1) is 34.3. The van der Waals surface area contributed by atoms with Crippen molar-refractivity contribution in [1.29, 1.82) is 0 Å². The molecule has 0 saturated heterocycles. The molecule has 0 bridgehead atoms. The molecule has 1 aromatic heterocycles. The Hall–Kier alpha value is -5.55. The van der Waals surface area contributed by atoms with Crippen LogP contribution >= 0.6 is 0 Å². The van der Waals surface area contributed by atoms with E-state index in [1.165, 1.54) is 6.20 Å². The summed E-state index contributed by atoms with van der Waals surface area (Å²) in [7, 11) is 0. The van der Waals surface area contributed by atoms with Crippen molar-refractivity contribution >= 4 is 23.8 Å². The zero-order valence-electron chi connectivity index (χ0n) is 25.9. The summed E-state index contributed by atoms with van der Waals surface area (Å²) in [5.74, 6) is -2.49. The first-order valence-electron chi connectivity index (χ1n) is 15.3. The first-order valence-corrected chi connectivity index (χ1v) is 15.3. The van der Waals surface area contributed by atoms with Crippen LogP contribution in [0.25, 0.3) is 0 Å². The highest BCUT2D eigenvalue weighted by Crippen LogP contribution is 2.17. The van der Waals surface area contributed by atoms with Gasteiger partial charge in [-0.25, -0.2) is 4.79 Å². The number of benzene rings is 3. The van der Waals surface area contributed by atoms with Gasteiger partial charge < -0.3 is 31.1 Å². The summed E-state index contributed by atoms with van der Waals surface area (Å²) in [5, 5.41) is 22.4. The van der Waals surface area contributed by atoms with Crippen LogP contribution in [0.1, 0.15) is 34.7 Å². The van der Waals surface area contributed by atoms with Crippen molar-refractivity contribution in [3.05, 3.63) is 138 Å². The number of alkyl carbamates (subject to hydrolysis) is 1. The summed E-state index contributed by atoms with van der Waals surface area (Å²) in [5.41, 5.74) is 0.839. The van der Waals surface area contributed by atoms with Gasteiger partial charge in [-0.15, -0.1) is 0 Å². The molecule has 47 heavy (non-hydrogen) atoms. The molecule has 3 aromatic carbocycles. The van der Waals surface area contributed by atoms with Crippen LogP contribution in [0.5, 0.6) is 0 Å². The van der Waals surface area contributed by atoms with Gasteiger partial charge in [0.05, 0.1) is 18.2 Å². The topological polar surface area (TPSA) is 159 Å². The predicted octanol–water partition coefficient (Wildman–Crippen LogP) is 3.00. The average Bonchev–Trinajstić information content (AvgIpc) is 3.10. The number of ether oxygens (including phenoxy) is 1. The van der Waals surface area contributed by atoms with Crippen LogP contribution in [-0.4, -0.2) is 59.1 Å². The number of carbonyl (C=O) groups excluding carboxylic acids is 4. The summed E-state index contributed by atoms with van der Waals surface area (Å²) in [6, 6.07) is 32.6. The minimum Gasteiger partial charge on any atom is -0.445 e. The lowest BCUT2D eigenvalue weighted by atomic mass is 9.92. The molecule has 0 saturated carbocycles. The number of hydrogen-bond donors (Lipinski definition) is 5. The van der Waals surface area contributed by atoms with Crippen molar-refractivity contribution in [3.63, 3.8) is 0 Å². The molecule has 0 fully saturated rings. The monoisotopic (exact) mass is 637 g/mol. The van der Waals surface area contributed by atoms with Crippen LogP contribution in [0.2, 0.25) is 0 Å². The lowest BCUT2D eigenvalue weighted by Crippen LogP contribution is -2.56. The fraction of sp³-hybridized carbons (Fsp3) is 0.250. The Morgan fingerprint density at radius 3 is 1.98 bits per heavy atom. The number of carbonyl (C=O) groups is 4. The molecule has 0 spiro atoms. The fourth-order valence-corrected chi connectivity index (χ4v) is 4.73. The van der Waals surface area contributed by atoms with Gasteiger partial charge in [-0.3, -0.25) is 19.4 Å². The number of aliphatic hydroxyl groups is 1. The van der Waals surface area contributed by atoms with Gasteiger partial charge in [0.25, 0.3) is 5.91 Å². The number of rotatable bonds is 16. The Bertz CT molecular complexity index is 1580. The Balaban J connectivity index is 1.33. The molecule has 11 nitrogen and oxygen atoms in total.